The minimum atomic E-state index is 0.643. The molecule has 0 radical (unpaired) electrons. The van der Waals surface area contributed by atoms with Crippen LogP contribution in [0.25, 0.3) is 0 Å². The summed E-state index contributed by atoms with van der Waals surface area (Å²) in [6.07, 6.45) is 15.1. The van der Waals surface area contributed by atoms with Gasteiger partial charge in [-0.15, -0.1) is 0 Å². The Balaban J connectivity index is 2.37. The first kappa shape index (κ1) is 17.0. The van der Waals surface area contributed by atoms with Crippen molar-refractivity contribution >= 4 is 0 Å². The van der Waals surface area contributed by atoms with Gasteiger partial charge < -0.3 is 5.73 Å². The Hall–Kier alpha value is -0.0800. The van der Waals surface area contributed by atoms with Crippen molar-refractivity contribution in [2.24, 2.45) is 5.73 Å². The van der Waals surface area contributed by atoms with E-state index in [0.717, 1.165) is 12.6 Å². The first-order valence-electron chi connectivity index (χ1n) is 8.79. The summed E-state index contributed by atoms with van der Waals surface area (Å²) in [6, 6.07) is 1.44. The number of unbranched alkanes of at least 4 members (excludes halogenated alkanes) is 4. The van der Waals surface area contributed by atoms with E-state index in [4.69, 9.17) is 5.73 Å². The van der Waals surface area contributed by atoms with E-state index in [-0.39, 0.29) is 0 Å². The molecule has 0 aliphatic carbocycles. The number of hydrogen-bond acceptors (Lipinski definition) is 2. The lowest BCUT2D eigenvalue weighted by Crippen LogP contribution is -2.46. The van der Waals surface area contributed by atoms with Crippen molar-refractivity contribution in [1.29, 1.82) is 0 Å². The molecule has 114 valence electrons. The maximum atomic E-state index is 6.07. The summed E-state index contributed by atoms with van der Waals surface area (Å²) in [7, 11) is 0. The quantitative estimate of drug-likeness (QED) is 0.631. The van der Waals surface area contributed by atoms with Crippen LogP contribution in [0.4, 0.5) is 0 Å². The van der Waals surface area contributed by atoms with Crippen LogP contribution in [0.2, 0.25) is 0 Å². The number of hydrogen-bond donors (Lipinski definition) is 1. The largest absolute Gasteiger partial charge is 0.329 e. The van der Waals surface area contributed by atoms with Crippen molar-refractivity contribution in [2.45, 2.75) is 96.6 Å². The highest BCUT2D eigenvalue weighted by Gasteiger charge is 2.25. The predicted octanol–water partition coefficient (Wildman–Crippen LogP) is 4.33. The minimum Gasteiger partial charge on any atom is -0.329 e. The zero-order valence-electron chi connectivity index (χ0n) is 13.4. The molecule has 0 aromatic heterocycles. The molecule has 0 spiro atoms. The molecule has 1 fully saturated rings. The second kappa shape index (κ2) is 10.7. The lowest BCUT2D eigenvalue weighted by Gasteiger charge is -2.36. The van der Waals surface area contributed by atoms with Gasteiger partial charge in [0, 0.05) is 18.6 Å². The molecule has 2 N–H and O–H groups in total. The van der Waals surface area contributed by atoms with Gasteiger partial charge in [0.1, 0.15) is 0 Å². The van der Waals surface area contributed by atoms with Crippen LogP contribution in [0, 0.1) is 0 Å². The maximum Gasteiger partial charge on any atom is 0.0221 e. The van der Waals surface area contributed by atoms with E-state index in [0.29, 0.717) is 6.04 Å². The van der Waals surface area contributed by atoms with Gasteiger partial charge >= 0.3 is 0 Å². The van der Waals surface area contributed by atoms with Crippen LogP contribution in [0.3, 0.4) is 0 Å². The topological polar surface area (TPSA) is 29.3 Å². The van der Waals surface area contributed by atoms with E-state index in [1.54, 1.807) is 0 Å². The molecule has 0 bridgehead atoms. The van der Waals surface area contributed by atoms with Crippen molar-refractivity contribution in [1.82, 2.24) is 4.90 Å². The van der Waals surface area contributed by atoms with E-state index >= 15 is 0 Å². The summed E-state index contributed by atoms with van der Waals surface area (Å²) in [5, 5.41) is 0. The summed E-state index contributed by atoms with van der Waals surface area (Å²) in [5.74, 6) is 0. The van der Waals surface area contributed by atoms with Crippen LogP contribution in [-0.2, 0) is 0 Å². The zero-order valence-corrected chi connectivity index (χ0v) is 13.4. The van der Waals surface area contributed by atoms with Gasteiger partial charge in [0.25, 0.3) is 0 Å². The lowest BCUT2D eigenvalue weighted by molar-refractivity contribution is 0.127. The normalized spacial score (nSPS) is 23.2. The summed E-state index contributed by atoms with van der Waals surface area (Å²) < 4.78 is 0. The molecule has 2 atom stereocenters. The van der Waals surface area contributed by atoms with Crippen LogP contribution >= 0.6 is 0 Å². The lowest BCUT2D eigenvalue weighted by atomic mass is 10.0. The Morgan fingerprint density at radius 1 is 1.05 bits per heavy atom. The highest BCUT2D eigenvalue weighted by Crippen LogP contribution is 2.23. The maximum absolute atomic E-state index is 6.07. The van der Waals surface area contributed by atoms with Crippen LogP contribution in [0.5, 0.6) is 0 Å². The van der Waals surface area contributed by atoms with Crippen molar-refractivity contribution in [3.63, 3.8) is 0 Å². The van der Waals surface area contributed by atoms with Crippen molar-refractivity contribution in [3.05, 3.63) is 0 Å². The van der Waals surface area contributed by atoms with Crippen molar-refractivity contribution < 1.29 is 0 Å². The molecule has 2 heteroatoms. The van der Waals surface area contributed by atoms with Gasteiger partial charge in [0.2, 0.25) is 0 Å². The molecule has 1 aliphatic heterocycles. The van der Waals surface area contributed by atoms with E-state index in [1.165, 1.54) is 77.2 Å². The molecule has 19 heavy (non-hydrogen) atoms. The van der Waals surface area contributed by atoms with Gasteiger partial charge in [-0.3, -0.25) is 4.90 Å². The molecule has 2 unspecified atom stereocenters. The average Bonchev–Trinajstić information content (AvgIpc) is 2.68. The molecule has 1 saturated heterocycles. The average molecular weight is 268 g/mol. The Morgan fingerprint density at radius 3 is 2.53 bits per heavy atom. The van der Waals surface area contributed by atoms with E-state index in [2.05, 4.69) is 18.7 Å². The standard InChI is InChI=1S/C17H36N2/c1-3-5-6-7-9-13-17(15-18)19-14-11-8-10-12-16(19)4-2/h16-17H,3-15,18H2,1-2H3. The summed E-state index contributed by atoms with van der Waals surface area (Å²) >= 11 is 0. The number of rotatable bonds is 9. The van der Waals surface area contributed by atoms with Crippen molar-refractivity contribution in [3.8, 4) is 0 Å². The van der Waals surface area contributed by atoms with E-state index in [1.807, 2.05) is 0 Å². The molecule has 0 aromatic carbocycles. The Labute approximate surface area is 121 Å². The highest BCUT2D eigenvalue weighted by molar-refractivity contribution is 4.81. The Kier molecular flexibility index (Phi) is 9.54. The van der Waals surface area contributed by atoms with Crippen molar-refractivity contribution in [2.75, 3.05) is 13.1 Å². The van der Waals surface area contributed by atoms with Gasteiger partial charge in [-0.05, 0) is 32.2 Å². The molecular weight excluding hydrogens is 232 g/mol. The smallest absolute Gasteiger partial charge is 0.0221 e. The number of nitrogens with zero attached hydrogens (tertiary/aromatic N) is 1. The second-order valence-electron chi connectivity index (χ2n) is 6.24. The molecular formula is C17H36N2. The fraction of sp³-hybridized carbons (Fsp3) is 1.00. The fourth-order valence-corrected chi connectivity index (χ4v) is 3.52. The fourth-order valence-electron chi connectivity index (χ4n) is 3.52. The predicted molar refractivity (Wildman–Crippen MR) is 85.5 cm³/mol. The summed E-state index contributed by atoms with van der Waals surface area (Å²) in [5.41, 5.74) is 6.07. The number of nitrogens with two attached hydrogens (primary N) is 1. The van der Waals surface area contributed by atoms with E-state index < -0.39 is 0 Å². The first-order valence-corrected chi connectivity index (χ1v) is 8.79. The third kappa shape index (κ3) is 6.27. The molecule has 1 heterocycles. The molecule has 1 rings (SSSR count). The molecule has 0 aromatic rings. The van der Waals surface area contributed by atoms with Crippen LogP contribution in [-0.4, -0.2) is 30.1 Å². The Bertz CT molecular complexity index is 205. The zero-order chi connectivity index (χ0) is 13.9. The van der Waals surface area contributed by atoms with Gasteiger partial charge in [0.15, 0.2) is 0 Å². The van der Waals surface area contributed by atoms with E-state index in [9.17, 15) is 0 Å². The minimum absolute atomic E-state index is 0.643. The Morgan fingerprint density at radius 2 is 1.84 bits per heavy atom. The van der Waals surface area contributed by atoms with Gasteiger partial charge in [-0.25, -0.2) is 0 Å². The SMILES string of the molecule is CCCCCCCC(CN)N1CCCCCC1CC. The summed E-state index contributed by atoms with van der Waals surface area (Å²) in [4.78, 5) is 2.76. The number of likely N-dealkylation sites (tertiary alicyclic amines) is 1. The molecule has 0 saturated carbocycles. The third-order valence-corrected chi connectivity index (χ3v) is 4.78. The van der Waals surface area contributed by atoms with Gasteiger partial charge in [0.05, 0.1) is 0 Å². The van der Waals surface area contributed by atoms with Gasteiger partial charge in [-0.1, -0.05) is 58.8 Å². The second-order valence-corrected chi connectivity index (χ2v) is 6.24. The first-order chi connectivity index (χ1) is 9.33. The summed E-state index contributed by atoms with van der Waals surface area (Å²) in [6.45, 7) is 6.77. The highest BCUT2D eigenvalue weighted by atomic mass is 15.2. The molecule has 2 nitrogen and oxygen atoms in total. The third-order valence-electron chi connectivity index (χ3n) is 4.78. The molecule has 1 aliphatic rings. The monoisotopic (exact) mass is 268 g/mol. The van der Waals surface area contributed by atoms with Crippen LogP contribution in [0.1, 0.15) is 84.5 Å². The van der Waals surface area contributed by atoms with Crippen LogP contribution in [0.15, 0.2) is 0 Å². The van der Waals surface area contributed by atoms with Gasteiger partial charge in [-0.2, -0.15) is 0 Å². The molecule has 0 amide bonds. The van der Waals surface area contributed by atoms with Crippen LogP contribution < -0.4 is 5.73 Å².